The zero-order chi connectivity index (χ0) is 18.1. The number of unbranched alkanes of at least 4 members (excludes halogenated alkanes) is 3. The van der Waals surface area contributed by atoms with Crippen molar-refractivity contribution in [1.82, 2.24) is 0 Å². The molecular weight excluding hydrogens is 340 g/mol. The molecule has 1 aromatic carbocycles. The summed E-state index contributed by atoms with van der Waals surface area (Å²) in [6, 6.07) is 6.74. The maximum Gasteiger partial charge on any atom is 0.315 e. The van der Waals surface area contributed by atoms with Crippen LogP contribution in [0.4, 0.5) is 0 Å². The van der Waals surface area contributed by atoms with E-state index >= 15 is 0 Å². The third kappa shape index (κ3) is 6.35. The fraction of sp³-hybridized carbons (Fsp3) is 0.600. The Hall–Kier alpha value is -1.55. The van der Waals surface area contributed by atoms with Gasteiger partial charge in [0.1, 0.15) is 5.75 Å². The molecule has 1 saturated carbocycles. The first kappa shape index (κ1) is 19.8. The van der Waals surface area contributed by atoms with E-state index in [1.54, 1.807) is 24.3 Å². The van der Waals surface area contributed by atoms with Crippen LogP contribution in [0.2, 0.25) is 5.02 Å². The second-order valence-electron chi connectivity index (χ2n) is 6.60. The second-order valence-corrected chi connectivity index (χ2v) is 7.04. The lowest BCUT2D eigenvalue weighted by molar-refractivity contribution is -0.158. The highest BCUT2D eigenvalue weighted by Gasteiger charge is 2.38. The summed E-state index contributed by atoms with van der Waals surface area (Å²) in [4.78, 5) is 24.9. The Kier molecular flexibility index (Phi) is 8.26. The van der Waals surface area contributed by atoms with Gasteiger partial charge >= 0.3 is 11.9 Å². The monoisotopic (exact) mass is 366 g/mol. The molecule has 0 amide bonds. The van der Waals surface area contributed by atoms with Crippen LogP contribution in [0.5, 0.6) is 5.75 Å². The lowest BCUT2D eigenvalue weighted by atomic mass is 9.79. The van der Waals surface area contributed by atoms with Gasteiger partial charge < -0.3 is 9.47 Å². The highest BCUT2D eigenvalue weighted by Crippen LogP contribution is 2.32. The first-order chi connectivity index (χ1) is 12.1. The summed E-state index contributed by atoms with van der Waals surface area (Å²) in [6.07, 6.45) is 7.45. The molecule has 0 N–H and O–H groups in total. The van der Waals surface area contributed by atoms with Crippen LogP contribution in [0.15, 0.2) is 24.3 Å². The molecule has 1 aliphatic rings. The summed E-state index contributed by atoms with van der Waals surface area (Å²) in [6.45, 7) is 2.58. The van der Waals surface area contributed by atoms with E-state index in [0.29, 0.717) is 30.2 Å². The van der Waals surface area contributed by atoms with E-state index in [4.69, 9.17) is 21.1 Å². The smallest absolute Gasteiger partial charge is 0.315 e. The number of benzene rings is 1. The highest BCUT2D eigenvalue weighted by atomic mass is 35.5. The van der Waals surface area contributed by atoms with Gasteiger partial charge in [0, 0.05) is 5.02 Å². The molecule has 25 heavy (non-hydrogen) atoms. The van der Waals surface area contributed by atoms with Gasteiger partial charge in [0.2, 0.25) is 0 Å². The predicted molar refractivity (Wildman–Crippen MR) is 97.6 cm³/mol. The summed E-state index contributed by atoms with van der Waals surface area (Å²) in [5.41, 5.74) is 0. The third-order valence-electron chi connectivity index (χ3n) is 4.63. The van der Waals surface area contributed by atoms with Gasteiger partial charge in [0.25, 0.3) is 0 Å². The fourth-order valence-corrected chi connectivity index (χ4v) is 3.41. The Morgan fingerprint density at radius 1 is 1.08 bits per heavy atom. The topological polar surface area (TPSA) is 52.6 Å². The molecule has 0 bridgehead atoms. The quantitative estimate of drug-likeness (QED) is 0.361. The van der Waals surface area contributed by atoms with Gasteiger partial charge in [-0.3, -0.25) is 9.59 Å². The Balaban J connectivity index is 1.90. The Bertz CT molecular complexity index is 573. The van der Waals surface area contributed by atoms with Crippen LogP contribution < -0.4 is 4.74 Å². The lowest BCUT2D eigenvalue weighted by Gasteiger charge is -2.28. The predicted octanol–water partition coefficient (Wildman–Crippen LogP) is 5.18. The molecule has 0 aromatic heterocycles. The van der Waals surface area contributed by atoms with E-state index in [1.165, 1.54) is 0 Å². The van der Waals surface area contributed by atoms with E-state index in [2.05, 4.69) is 6.92 Å². The van der Waals surface area contributed by atoms with Crippen LogP contribution in [-0.2, 0) is 14.3 Å². The SMILES string of the molecule is CCCCCCOC(=O)C1CCCCC1C(=O)Oc1cccc(Cl)c1. The average molecular weight is 367 g/mol. The molecule has 0 aliphatic heterocycles. The van der Waals surface area contributed by atoms with Gasteiger partial charge in [-0.1, -0.05) is 56.7 Å². The van der Waals surface area contributed by atoms with E-state index in [0.717, 1.165) is 38.5 Å². The summed E-state index contributed by atoms with van der Waals surface area (Å²) >= 11 is 5.92. The Morgan fingerprint density at radius 2 is 1.80 bits per heavy atom. The van der Waals surface area contributed by atoms with Crippen molar-refractivity contribution in [3.8, 4) is 5.75 Å². The number of halogens is 1. The zero-order valence-corrected chi connectivity index (χ0v) is 15.6. The Labute approximate surface area is 154 Å². The summed E-state index contributed by atoms with van der Waals surface area (Å²) < 4.78 is 10.9. The van der Waals surface area contributed by atoms with Gasteiger partial charge in [0.05, 0.1) is 18.4 Å². The molecule has 2 rings (SSSR count). The minimum atomic E-state index is -0.434. The van der Waals surface area contributed by atoms with Crippen molar-refractivity contribution in [3.63, 3.8) is 0 Å². The van der Waals surface area contributed by atoms with Crippen molar-refractivity contribution in [2.24, 2.45) is 11.8 Å². The molecule has 1 aliphatic carbocycles. The molecule has 0 spiro atoms. The lowest BCUT2D eigenvalue weighted by Crippen LogP contribution is -2.36. The number of carbonyl (C=O) groups is 2. The van der Waals surface area contributed by atoms with Crippen molar-refractivity contribution >= 4 is 23.5 Å². The number of hydrogen-bond donors (Lipinski definition) is 0. The molecule has 0 radical (unpaired) electrons. The van der Waals surface area contributed by atoms with E-state index in [1.807, 2.05) is 0 Å². The molecule has 4 nitrogen and oxygen atoms in total. The summed E-state index contributed by atoms with van der Waals surface area (Å²) in [5, 5.41) is 0.511. The fourth-order valence-electron chi connectivity index (χ4n) is 3.23. The van der Waals surface area contributed by atoms with Crippen LogP contribution in [0.25, 0.3) is 0 Å². The molecule has 0 heterocycles. The number of carbonyl (C=O) groups excluding carboxylic acids is 2. The molecule has 2 atom stereocenters. The van der Waals surface area contributed by atoms with Crippen molar-refractivity contribution < 1.29 is 19.1 Å². The van der Waals surface area contributed by atoms with Crippen LogP contribution in [0.1, 0.15) is 58.3 Å². The summed E-state index contributed by atoms with van der Waals surface area (Å²) in [7, 11) is 0. The van der Waals surface area contributed by atoms with E-state index < -0.39 is 11.8 Å². The molecule has 1 fully saturated rings. The van der Waals surface area contributed by atoms with Crippen LogP contribution in [0.3, 0.4) is 0 Å². The maximum atomic E-state index is 12.5. The molecular formula is C20H27ClO4. The largest absolute Gasteiger partial charge is 0.465 e. The molecule has 138 valence electrons. The van der Waals surface area contributed by atoms with Crippen LogP contribution >= 0.6 is 11.6 Å². The van der Waals surface area contributed by atoms with Crippen molar-refractivity contribution in [1.29, 1.82) is 0 Å². The average Bonchev–Trinajstić information content (AvgIpc) is 2.61. The molecule has 2 unspecified atom stereocenters. The minimum absolute atomic E-state index is 0.260. The van der Waals surface area contributed by atoms with Gasteiger partial charge in [-0.05, 0) is 37.5 Å². The maximum absolute atomic E-state index is 12.5. The third-order valence-corrected chi connectivity index (χ3v) is 4.86. The molecule has 1 aromatic rings. The van der Waals surface area contributed by atoms with Crippen molar-refractivity contribution in [2.45, 2.75) is 58.3 Å². The highest BCUT2D eigenvalue weighted by molar-refractivity contribution is 6.30. The van der Waals surface area contributed by atoms with Gasteiger partial charge in [0.15, 0.2) is 0 Å². The minimum Gasteiger partial charge on any atom is -0.465 e. The van der Waals surface area contributed by atoms with Crippen LogP contribution in [0, 0.1) is 11.8 Å². The van der Waals surface area contributed by atoms with Gasteiger partial charge in [-0.15, -0.1) is 0 Å². The van der Waals surface area contributed by atoms with Crippen LogP contribution in [-0.4, -0.2) is 18.5 Å². The van der Waals surface area contributed by atoms with E-state index in [9.17, 15) is 9.59 Å². The second kappa shape index (κ2) is 10.4. The van der Waals surface area contributed by atoms with Gasteiger partial charge in [-0.25, -0.2) is 0 Å². The molecule has 5 heteroatoms. The van der Waals surface area contributed by atoms with E-state index in [-0.39, 0.29) is 11.9 Å². The normalized spacial score (nSPS) is 20.1. The molecule has 0 saturated heterocycles. The number of ether oxygens (including phenoxy) is 2. The number of esters is 2. The number of hydrogen-bond acceptors (Lipinski definition) is 4. The number of rotatable bonds is 8. The van der Waals surface area contributed by atoms with Crippen molar-refractivity contribution in [2.75, 3.05) is 6.61 Å². The first-order valence-corrected chi connectivity index (χ1v) is 9.63. The summed E-state index contributed by atoms with van der Waals surface area (Å²) in [5.74, 6) is -1.05. The standard InChI is InChI=1S/C20H27ClO4/c1-2-3-4-7-13-24-19(22)17-11-5-6-12-18(17)20(23)25-16-10-8-9-15(21)14-16/h8-10,14,17-18H,2-7,11-13H2,1H3. The Morgan fingerprint density at radius 3 is 2.48 bits per heavy atom. The van der Waals surface area contributed by atoms with Gasteiger partial charge in [-0.2, -0.15) is 0 Å². The van der Waals surface area contributed by atoms with Crippen molar-refractivity contribution in [3.05, 3.63) is 29.3 Å². The zero-order valence-electron chi connectivity index (χ0n) is 14.8. The first-order valence-electron chi connectivity index (χ1n) is 9.25.